The van der Waals surface area contributed by atoms with Crippen LogP contribution in [0, 0.1) is 5.41 Å². The number of carboxylic acid groups (broad SMARTS) is 1. The lowest BCUT2D eigenvalue weighted by Gasteiger charge is -2.26. The smallest absolute Gasteiger partial charge is 0.332 e. The van der Waals surface area contributed by atoms with Gasteiger partial charge in [0, 0.05) is 0 Å². The highest BCUT2D eigenvalue weighted by Crippen LogP contribution is 2.30. The Morgan fingerprint density at radius 2 is 1.81 bits per heavy atom. The molecule has 0 bridgehead atoms. The molecule has 0 fully saturated rings. The van der Waals surface area contributed by atoms with Crippen LogP contribution in [0.1, 0.15) is 32.3 Å². The van der Waals surface area contributed by atoms with Crippen LogP contribution in [0.3, 0.4) is 0 Å². The SMILES string of the molecule is CC(C)(CCc1cccc2ccccc12)CC(O)C(=O)O. The van der Waals surface area contributed by atoms with Crippen molar-refractivity contribution in [2.75, 3.05) is 0 Å². The summed E-state index contributed by atoms with van der Waals surface area (Å²) in [5, 5.41) is 20.8. The largest absolute Gasteiger partial charge is 0.479 e. The molecule has 21 heavy (non-hydrogen) atoms. The fraction of sp³-hybridized carbons (Fsp3) is 0.389. The highest BCUT2D eigenvalue weighted by Gasteiger charge is 2.26. The molecule has 0 aromatic heterocycles. The minimum Gasteiger partial charge on any atom is -0.479 e. The first-order valence-electron chi connectivity index (χ1n) is 7.26. The lowest BCUT2D eigenvalue weighted by molar-refractivity contribution is -0.148. The number of aliphatic carboxylic acids is 1. The van der Waals surface area contributed by atoms with Gasteiger partial charge in [0.2, 0.25) is 0 Å². The fourth-order valence-corrected chi connectivity index (χ4v) is 2.70. The first kappa shape index (κ1) is 15.5. The minimum atomic E-state index is -1.28. The van der Waals surface area contributed by atoms with Gasteiger partial charge < -0.3 is 10.2 Å². The molecule has 0 aliphatic heterocycles. The van der Waals surface area contributed by atoms with E-state index in [2.05, 4.69) is 30.3 Å². The Morgan fingerprint density at radius 3 is 2.52 bits per heavy atom. The molecule has 112 valence electrons. The van der Waals surface area contributed by atoms with E-state index in [1.165, 1.54) is 16.3 Å². The number of benzene rings is 2. The van der Waals surface area contributed by atoms with E-state index >= 15 is 0 Å². The molecule has 0 amide bonds. The molecular formula is C18H22O3. The summed E-state index contributed by atoms with van der Waals surface area (Å²) < 4.78 is 0. The van der Waals surface area contributed by atoms with Gasteiger partial charge >= 0.3 is 5.97 Å². The van der Waals surface area contributed by atoms with E-state index in [1.54, 1.807) is 0 Å². The summed E-state index contributed by atoms with van der Waals surface area (Å²) in [6.07, 6.45) is 0.701. The number of hydrogen-bond donors (Lipinski definition) is 2. The molecule has 2 N–H and O–H groups in total. The average Bonchev–Trinajstić information content (AvgIpc) is 2.44. The Balaban J connectivity index is 2.09. The molecular weight excluding hydrogens is 264 g/mol. The van der Waals surface area contributed by atoms with Crippen molar-refractivity contribution in [1.29, 1.82) is 0 Å². The van der Waals surface area contributed by atoms with Gasteiger partial charge in [-0.3, -0.25) is 0 Å². The van der Waals surface area contributed by atoms with Crippen molar-refractivity contribution in [3.8, 4) is 0 Å². The molecule has 2 rings (SSSR count). The van der Waals surface area contributed by atoms with Gasteiger partial charge in [-0.15, -0.1) is 0 Å². The third kappa shape index (κ3) is 4.05. The zero-order valence-corrected chi connectivity index (χ0v) is 12.5. The Kier molecular flexibility index (Phi) is 4.63. The lowest BCUT2D eigenvalue weighted by Crippen LogP contribution is -2.27. The maximum Gasteiger partial charge on any atom is 0.332 e. The molecule has 0 saturated carbocycles. The van der Waals surface area contributed by atoms with E-state index in [0.717, 1.165) is 12.8 Å². The number of aryl methyl sites for hydroxylation is 1. The van der Waals surface area contributed by atoms with Gasteiger partial charge in [0.25, 0.3) is 0 Å². The first-order valence-corrected chi connectivity index (χ1v) is 7.26. The van der Waals surface area contributed by atoms with E-state index in [4.69, 9.17) is 5.11 Å². The predicted molar refractivity (Wildman–Crippen MR) is 84.3 cm³/mol. The van der Waals surface area contributed by atoms with E-state index in [1.807, 2.05) is 26.0 Å². The molecule has 0 aliphatic carbocycles. The average molecular weight is 286 g/mol. The van der Waals surface area contributed by atoms with Crippen molar-refractivity contribution in [3.63, 3.8) is 0 Å². The molecule has 0 heterocycles. The quantitative estimate of drug-likeness (QED) is 0.852. The molecule has 3 heteroatoms. The number of hydrogen-bond acceptors (Lipinski definition) is 2. The van der Waals surface area contributed by atoms with Crippen molar-refractivity contribution >= 4 is 16.7 Å². The standard InChI is InChI=1S/C18H22O3/c1-18(2,12-16(19)17(20)21)11-10-14-8-5-7-13-6-3-4-9-15(13)14/h3-9,16,19H,10-12H2,1-2H3,(H,20,21). The number of aliphatic hydroxyl groups excluding tert-OH is 1. The number of aliphatic hydroxyl groups is 1. The van der Waals surface area contributed by atoms with Crippen molar-refractivity contribution in [2.24, 2.45) is 5.41 Å². The number of carboxylic acids is 1. The maximum absolute atomic E-state index is 10.8. The highest BCUT2D eigenvalue weighted by atomic mass is 16.4. The van der Waals surface area contributed by atoms with Gasteiger partial charge in [-0.05, 0) is 41.0 Å². The third-order valence-electron chi connectivity index (χ3n) is 3.98. The van der Waals surface area contributed by atoms with Crippen LogP contribution in [-0.2, 0) is 11.2 Å². The predicted octanol–water partition coefficient (Wildman–Crippen LogP) is 3.63. The van der Waals surface area contributed by atoms with Gasteiger partial charge in [0.1, 0.15) is 0 Å². The van der Waals surface area contributed by atoms with Crippen LogP contribution in [0.4, 0.5) is 0 Å². The molecule has 0 saturated heterocycles. The van der Waals surface area contributed by atoms with Crippen LogP contribution < -0.4 is 0 Å². The number of fused-ring (bicyclic) bond motifs is 1. The van der Waals surface area contributed by atoms with Crippen molar-refractivity contribution in [2.45, 2.75) is 39.2 Å². The molecule has 3 nitrogen and oxygen atoms in total. The Morgan fingerprint density at radius 1 is 1.14 bits per heavy atom. The van der Waals surface area contributed by atoms with Crippen LogP contribution in [0.2, 0.25) is 0 Å². The van der Waals surface area contributed by atoms with E-state index < -0.39 is 12.1 Å². The Hall–Kier alpha value is -1.87. The van der Waals surface area contributed by atoms with Crippen LogP contribution >= 0.6 is 0 Å². The molecule has 0 radical (unpaired) electrons. The number of rotatable bonds is 6. The summed E-state index contributed by atoms with van der Waals surface area (Å²) in [6.45, 7) is 4.01. The van der Waals surface area contributed by atoms with Crippen LogP contribution in [0.15, 0.2) is 42.5 Å². The second-order valence-electron chi connectivity index (χ2n) is 6.36. The van der Waals surface area contributed by atoms with Gasteiger partial charge in [0.05, 0.1) is 0 Å². The summed E-state index contributed by atoms with van der Waals surface area (Å²) in [6, 6.07) is 14.5. The molecule has 0 aliphatic rings. The lowest BCUT2D eigenvalue weighted by atomic mass is 9.81. The van der Waals surface area contributed by atoms with Crippen LogP contribution in [-0.4, -0.2) is 22.3 Å². The zero-order valence-electron chi connectivity index (χ0n) is 12.5. The van der Waals surface area contributed by atoms with Gasteiger partial charge in [0.15, 0.2) is 6.10 Å². The molecule has 2 aromatic rings. The Bertz CT molecular complexity index is 626. The van der Waals surface area contributed by atoms with Crippen LogP contribution in [0.5, 0.6) is 0 Å². The topological polar surface area (TPSA) is 57.5 Å². The van der Waals surface area contributed by atoms with E-state index in [0.29, 0.717) is 0 Å². The minimum absolute atomic E-state index is 0.214. The zero-order chi connectivity index (χ0) is 15.5. The molecule has 2 aromatic carbocycles. The summed E-state index contributed by atoms with van der Waals surface area (Å²) in [5.74, 6) is -1.15. The molecule has 0 spiro atoms. The third-order valence-corrected chi connectivity index (χ3v) is 3.98. The van der Waals surface area contributed by atoms with Crippen molar-refractivity contribution in [1.82, 2.24) is 0 Å². The summed E-state index contributed by atoms with van der Waals surface area (Å²) in [7, 11) is 0. The number of carbonyl (C=O) groups is 1. The van der Waals surface area contributed by atoms with Gasteiger partial charge in [-0.2, -0.15) is 0 Å². The van der Waals surface area contributed by atoms with Gasteiger partial charge in [-0.25, -0.2) is 4.79 Å². The second-order valence-corrected chi connectivity index (χ2v) is 6.36. The normalized spacial score (nSPS) is 13.3. The van der Waals surface area contributed by atoms with Crippen molar-refractivity contribution < 1.29 is 15.0 Å². The monoisotopic (exact) mass is 286 g/mol. The maximum atomic E-state index is 10.8. The Labute approximate surface area is 125 Å². The van der Waals surface area contributed by atoms with E-state index in [9.17, 15) is 9.90 Å². The molecule has 1 unspecified atom stereocenters. The summed E-state index contributed by atoms with van der Waals surface area (Å²) >= 11 is 0. The summed E-state index contributed by atoms with van der Waals surface area (Å²) in [4.78, 5) is 10.8. The second kappa shape index (κ2) is 6.27. The van der Waals surface area contributed by atoms with Crippen LogP contribution in [0.25, 0.3) is 10.8 Å². The molecule has 1 atom stereocenters. The van der Waals surface area contributed by atoms with Gasteiger partial charge in [-0.1, -0.05) is 56.3 Å². The summed E-state index contributed by atoms with van der Waals surface area (Å²) in [5.41, 5.74) is 1.06. The fourth-order valence-electron chi connectivity index (χ4n) is 2.70. The van der Waals surface area contributed by atoms with E-state index in [-0.39, 0.29) is 11.8 Å². The van der Waals surface area contributed by atoms with Crippen molar-refractivity contribution in [3.05, 3.63) is 48.0 Å². The first-order chi connectivity index (χ1) is 9.89. The highest BCUT2D eigenvalue weighted by molar-refractivity contribution is 5.85.